The predicted molar refractivity (Wildman–Crippen MR) is 243 cm³/mol. The van der Waals surface area contributed by atoms with Crippen LogP contribution in [0.4, 0.5) is 0 Å². The van der Waals surface area contributed by atoms with Crippen LogP contribution in [0, 0.1) is 23.7 Å². The molecule has 3 N–H and O–H groups in total. The van der Waals surface area contributed by atoms with Gasteiger partial charge in [0.2, 0.25) is 23.6 Å². The van der Waals surface area contributed by atoms with E-state index in [-0.39, 0.29) is 66.0 Å². The molecule has 0 radical (unpaired) electrons. The fourth-order valence-corrected chi connectivity index (χ4v) is 10.0. The van der Waals surface area contributed by atoms with Crippen LogP contribution < -0.4 is 10.6 Å². The third-order valence-electron chi connectivity index (χ3n) is 13.9. The van der Waals surface area contributed by atoms with Crippen LogP contribution in [0.25, 0.3) is 0 Å². The van der Waals surface area contributed by atoms with Crippen LogP contribution in [0.5, 0.6) is 0 Å². The maximum Gasteiger partial charge on any atom is 0.303 e. The van der Waals surface area contributed by atoms with Gasteiger partial charge in [0.25, 0.3) is 5.91 Å². The van der Waals surface area contributed by atoms with Gasteiger partial charge in [-0.1, -0.05) is 85.2 Å². The number of carbonyl (C=O) groups is 6. The summed E-state index contributed by atoms with van der Waals surface area (Å²) in [5.41, 5.74) is -0.188. The number of carbonyl (C=O) groups excluding carboxylic acids is 5. The Hall–Kier alpha value is -4.12. The highest BCUT2D eigenvalue weighted by molar-refractivity contribution is 5.96. The van der Waals surface area contributed by atoms with Crippen molar-refractivity contribution < 1.29 is 48.2 Å². The molecule has 5 amide bonds. The van der Waals surface area contributed by atoms with Crippen LogP contribution in [0.15, 0.2) is 30.3 Å². The number of nitrogens with zero attached hydrogens (tertiary/aromatic N) is 4. The number of carboxylic acids is 1. The van der Waals surface area contributed by atoms with Gasteiger partial charge in [-0.15, -0.1) is 0 Å². The number of amides is 5. The van der Waals surface area contributed by atoms with Gasteiger partial charge < -0.3 is 35.0 Å². The first kappa shape index (κ1) is 52.5. The molecule has 16 heteroatoms. The van der Waals surface area contributed by atoms with Crippen molar-refractivity contribution in [3.8, 4) is 0 Å². The van der Waals surface area contributed by atoms with E-state index in [1.54, 1.807) is 45.0 Å². The number of hydrogen-bond donors (Lipinski definition) is 3. The molecular weight excluding hydrogens is 821 g/mol. The largest absolute Gasteiger partial charge is 0.481 e. The van der Waals surface area contributed by atoms with E-state index in [4.69, 9.17) is 19.4 Å². The van der Waals surface area contributed by atoms with E-state index in [2.05, 4.69) is 10.6 Å². The smallest absolute Gasteiger partial charge is 0.303 e. The second-order valence-corrected chi connectivity index (χ2v) is 19.1. The van der Waals surface area contributed by atoms with Gasteiger partial charge in [-0.05, 0) is 75.4 Å². The van der Waals surface area contributed by atoms with E-state index < -0.39 is 53.8 Å². The van der Waals surface area contributed by atoms with Gasteiger partial charge in [-0.25, -0.2) is 5.06 Å². The summed E-state index contributed by atoms with van der Waals surface area (Å²) in [6.45, 7) is 15.2. The van der Waals surface area contributed by atoms with Gasteiger partial charge in [0, 0.05) is 46.7 Å². The molecule has 1 unspecified atom stereocenters. The van der Waals surface area contributed by atoms with Crippen molar-refractivity contribution in [2.24, 2.45) is 23.7 Å². The van der Waals surface area contributed by atoms with E-state index in [0.717, 1.165) is 18.4 Å². The van der Waals surface area contributed by atoms with E-state index in [1.807, 2.05) is 76.8 Å². The van der Waals surface area contributed by atoms with E-state index in [9.17, 15) is 28.8 Å². The standard InChI is InChI=1S/C48H78N6O10/c1-12-32(6)42(52(9)46(60)40(30(2)3)49-45(59)41(31(4)5)51(8)24-19-23-39(56)57)37(62-10)28-38(55)53-25-18-22-36(53)43(63-11)33(7)44(58)50-48(47(61)54-26-16-17-27-64-54)29-35(48)34-20-14-13-15-21-34/h13-15,20-21,30-33,35-37,40-43H,12,16-19,22-29H2,1-11H3,(H,49,59)(H,50,58)(H,56,57)/t32-,33+,35?,36-,37+,40-,41-,42-,43+,48-/m0/s1. The number of rotatable bonds is 24. The monoisotopic (exact) mass is 899 g/mol. The molecule has 3 aliphatic rings. The van der Waals surface area contributed by atoms with Crippen LogP contribution in [0.1, 0.15) is 118 Å². The summed E-state index contributed by atoms with van der Waals surface area (Å²) in [5, 5.41) is 16.7. The van der Waals surface area contributed by atoms with Crippen LogP contribution in [-0.2, 0) is 43.1 Å². The average Bonchev–Trinajstić information content (AvgIpc) is 3.79. The molecule has 2 heterocycles. The van der Waals surface area contributed by atoms with Gasteiger partial charge >= 0.3 is 5.97 Å². The first-order valence-corrected chi connectivity index (χ1v) is 23.5. The predicted octanol–water partition coefficient (Wildman–Crippen LogP) is 4.47. The van der Waals surface area contributed by atoms with Crippen molar-refractivity contribution in [2.75, 3.05) is 54.6 Å². The Morgan fingerprint density at radius 1 is 0.922 bits per heavy atom. The van der Waals surface area contributed by atoms with Crippen molar-refractivity contribution >= 4 is 35.5 Å². The molecular formula is C48H78N6O10. The van der Waals surface area contributed by atoms with Crippen molar-refractivity contribution in [3.05, 3.63) is 35.9 Å². The van der Waals surface area contributed by atoms with Gasteiger partial charge in [0.1, 0.15) is 11.6 Å². The number of carboxylic acid groups (broad SMARTS) is 1. The number of benzene rings is 1. The number of hydroxylamine groups is 2. The van der Waals surface area contributed by atoms with Gasteiger partial charge in [-0.3, -0.25) is 38.5 Å². The lowest BCUT2D eigenvalue weighted by Crippen LogP contribution is -2.60. The topological polar surface area (TPSA) is 187 Å². The summed E-state index contributed by atoms with van der Waals surface area (Å²) < 4.78 is 12.1. The van der Waals surface area contributed by atoms with Gasteiger partial charge in [-0.2, -0.15) is 0 Å². The number of ether oxygens (including phenoxy) is 2. The third kappa shape index (κ3) is 12.6. The van der Waals surface area contributed by atoms with E-state index in [1.165, 1.54) is 5.06 Å². The molecule has 1 aliphatic carbocycles. The fourth-order valence-electron chi connectivity index (χ4n) is 10.0. The van der Waals surface area contributed by atoms with Crippen LogP contribution >= 0.6 is 0 Å². The fraction of sp³-hybridized carbons (Fsp3) is 0.750. The zero-order valence-electron chi connectivity index (χ0n) is 40.3. The molecule has 0 spiro atoms. The van der Waals surface area contributed by atoms with Crippen LogP contribution in [0.2, 0.25) is 0 Å². The number of likely N-dealkylation sites (tertiary alicyclic amines) is 1. The summed E-state index contributed by atoms with van der Waals surface area (Å²) in [6, 6.07) is 7.31. The molecule has 2 saturated heterocycles. The molecule has 0 bridgehead atoms. The highest BCUT2D eigenvalue weighted by Crippen LogP contribution is 2.53. The molecule has 360 valence electrons. The Bertz CT molecular complexity index is 1730. The first-order chi connectivity index (χ1) is 30.3. The zero-order valence-corrected chi connectivity index (χ0v) is 40.3. The van der Waals surface area contributed by atoms with E-state index in [0.29, 0.717) is 58.3 Å². The Morgan fingerprint density at radius 3 is 2.17 bits per heavy atom. The number of nitrogens with one attached hydrogen (secondary N) is 2. The maximum absolute atomic E-state index is 14.5. The molecule has 1 aromatic carbocycles. The Balaban J connectivity index is 1.50. The zero-order chi connectivity index (χ0) is 47.5. The van der Waals surface area contributed by atoms with Crippen molar-refractivity contribution in [2.45, 2.75) is 154 Å². The maximum atomic E-state index is 14.5. The van der Waals surface area contributed by atoms with Crippen molar-refractivity contribution in [1.29, 1.82) is 0 Å². The lowest BCUT2D eigenvalue weighted by molar-refractivity contribution is -0.200. The number of hydrogen-bond acceptors (Lipinski definition) is 10. The number of likely N-dealkylation sites (N-methyl/N-ethyl adjacent to an activating group) is 2. The molecule has 1 saturated carbocycles. The van der Waals surface area contributed by atoms with Gasteiger partial charge in [0.15, 0.2) is 0 Å². The summed E-state index contributed by atoms with van der Waals surface area (Å²) >= 11 is 0. The highest BCUT2D eigenvalue weighted by Gasteiger charge is 2.64. The third-order valence-corrected chi connectivity index (χ3v) is 13.9. The summed E-state index contributed by atoms with van der Waals surface area (Å²) in [6.07, 6.45) is 3.13. The molecule has 3 fully saturated rings. The number of methoxy groups -OCH3 is 2. The second-order valence-electron chi connectivity index (χ2n) is 19.1. The average molecular weight is 899 g/mol. The van der Waals surface area contributed by atoms with Gasteiger partial charge in [0.05, 0.1) is 49.3 Å². The summed E-state index contributed by atoms with van der Waals surface area (Å²) in [7, 11) is 6.58. The SMILES string of the molecule is CC[C@H](C)[C@@H]([C@@H](CC(=O)N1CCC[C@H]1[C@H](OC)[C@@H](C)C(=O)N[C@@]1(C(=O)N2CCCCO2)CC1c1ccccc1)OC)N(C)C(=O)[C@@H](NC(=O)[C@H](C(C)C)N(C)CCCC(=O)O)C(C)C. The molecule has 1 aromatic rings. The summed E-state index contributed by atoms with van der Waals surface area (Å²) in [5.74, 6) is -3.67. The van der Waals surface area contributed by atoms with Crippen LogP contribution in [0.3, 0.4) is 0 Å². The van der Waals surface area contributed by atoms with Crippen molar-refractivity contribution in [3.63, 3.8) is 0 Å². The van der Waals surface area contributed by atoms with Crippen molar-refractivity contribution in [1.82, 2.24) is 30.4 Å². The second kappa shape index (κ2) is 23.9. The quantitative estimate of drug-likeness (QED) is 0.133. The molecule has 0 aromatic heterocycles. The minimum Gasteiger partial charge on any atom is -0.481 e. The molecule has 64 heavy (non-hydrogen) atoms. The molecule has 10 atom stereocenters. The lowest BCUT2D eigenvalue weighted by atomic mass is 9.89. The first-order valence-electron chi connectivity index (χ1n) is 23.5. The molecule has 2 aliphatic heterocycles. The van der Waals surface area contributed by atoms with Crippen LogP contribution in [-0.4, -0.2) is 157 Å². The molecule has 4 rings (SSSR count). The minimum absolute atomic E-state index is 0.00822. The number of aliphatic carboxylic acids is 1. The van der Waals surface area contributed by atoms with E-state index >= 15 is 0 Å². The summed E-state index contributed by atoms with van der Waals surface area (Å²) in [4.78, 5) is 93.4. The Kier molecular flexibility index (Phi) is 19.6. The molecule has 16 nitrogen and oxygen atoms in total. The Labute approximate surface area is 381 Å². The lowest BCUT2D eigenvalue weighted by Gasteiger charge is -2.41. The normalized spacial score (nSPS) is 23.2. The highest BCUT2D eigenvalue weighted by atomic mass is 16.7. The Morgan fingerprint density at radius 2 is 1.61 bits per heavy atom. The minimum atomic E-state index is -1.15.